The van der Waals surface area contributed by atoms with Crippen LogP contribution in [0.1, 0.15) is 12.8 Å². The van der Waals surface area contributed by atoms with E-state index in [1.54, 1.807) is 0 Å². The van der Waals surface area contributed by atoms with E-state index < -0.39 is 5.83 Å². The lowest BCUT2D eigenvalue weighted by Gasteiger charge is -1.76. The van der Waals surface area contributed by atoms with Crippen molar-refractivity contribution in [2.45, 2.75) is 12.8 Å². The van der Waals surface area contributed by atoms with Crippen molar-refractivity contribution >= 4 is 5.78 Å². The van der Waals surface area contributed by atoms with E-state index in [9.17, 15) is 9.18 Å². The van der Waals surface area contributed by atoms with Gasteiger partial charge in [-0.2, -0.15) is 0 Å². The van der Waals surface area contributed by atoms with Gasteiger partial charge in [0.05, 0.1) is 0 Å². The second-order valence-corrected chi connectivity index (χ2v) is 1.51. The molecule has 38 valence electrons. The molecule has 0 aromatic rings. The Morgan fingerprint density at radius 1 is 1.71 bits per heavy atom. The highest BCUT2D eigenvalue weighted by molar-refractivity contribution is 5.95. The van der Waals surface area contributed by atoms with E-state index in [4.69, 9.17) is 0 Å². The third-order valence-electron chi connectivity index (χ3n) is 0.961. The van der Waals surface area contributed by atoms with Crippen molar-refractivity contribution in [1.29, 1.82) is 0 Å². The molecule has 0 N–H and O–H groups in total. The summed E-state index contributed by atoms with van der Waals surface area (Å²) < 4.78 is 11.8. The molecule has 1 rings (SSSR count). The molecule has 1 nitrogen and oxygen atoms in total. The van der Waals surface area contributed by atoms with Crippen LogP contribution in [-0.4, -0.2) is 5.78 Å². The van der Waals surface area contributed by atoms with Gasteiger partial charge in [-0.15, -0.1) is 0 Å². The maximum atomic E-state index is 11.8. The monoisotopic (exact) mass is 100 g/mol. The average molecular weight is 100 g/mol. The summed E-state index contributed by atoms with van der Waals surface area (Å²) in [7, 11) is 0. The predicted molar refractivity (Wildman–Crippen MR) is 23.4 cm³/mol. The topological polar surface area (TPSA) is 17.1 Å². The molecule has 2 heteroatoms. The molecular weight excluding hydrogens is 95.1 g/mol. The van der Waals surface area contributed by atoms with E-state index in [0.717, 1.165) is 0 Å². The molecule has 0 aromatic heterocycles. The Morgan fingerprint density at radius 3 is 2.57 bits per heavy atom. The van der Waals surface area contributed by atoms with Crippen LogP contribution in [0.25, 0.3) is 0 Å². The first-order valence-corrected chi connectivity index (χ1v) is 2.19. The van der Waals surface area contributed by atoms with Crippen LogP contribution >= 0.6 is 0 Å². The second kappa shape index (κ2) is 1.45. The van der Waals surface area contributed by atoms with Gasteiger partial charge >= 0.3 is 0 Å². The molecule has 0 saturated heterocycles. The van der Waals surface area contributed by atoms with Gasteiger partial charge in [0.15, 0.2) is 11.6 Å². The molecule has 0 fully saturated rings. The zero-order valence-electron chi connectivity index (χ0n) is 3.78. The summed E-state index contributed by atoms with van der Waals surface area (Å²) in [5.74, 6) is -0.903. The highest BCUT2D eigenvalue weighted by Gasteiger charge is 2.12. The van der Waals surface area contributed by atoms with Gasteiger partial charge in [-0.3, -0.25) is 4.79 Å². The number of allylic oxidation sites excluding steroid dienone is 2. The van der Waals surface area contributed by atoms with Crippen molar-refractivity contribution in [2.75, 3.05) is 0 Å². The minimum atomic E-state index is -0.556. The molecule has 7 heavy (non-hydrogen) atoms. The predicted octanol–water partition coefficient (Wildman–Crippen LogP) is 1.20. The number of Topliss-reactive ketones (excluding diaryl/α,β-unsaturated/α-hetero) is 1. The van der Waals surface area contributed by atoms with Crippen molar-refractivity contribution in [1.82, 2.24) is 0 Å². The van der Waals surface area contributed by atoms with Crippen molar-refractivity contribution in [3.05, 3.63) is 11.9 Å². The van der Waals surface area contributed by atoms with Gasteiger partial charge in [-0.25, -0.2) is 4.39 Å². The molecule has 0 saturated carbocycles. The Balaban J connectivity index is 2.72. The van der Waals surface area contributed by atoms with Crippen molar-refractivity contribution < 1.29 is 9.18 Å². The first-order chi connectivity index (χ1) is 3.30. The van der Waals surface area contributed by atoms with Gasteiger partial charge in [0.1, 0.15) is 0 Å². The van der Waals surface area contributed by atoms with Gasteiger partial charge in [0.2, 0.25) is 0 Å². The number of hydrogen-bond donors (Lipinski definition) is 0. The van der Waals surface area contributed by atoms with E-state index in [1.807, 2.05) is 0 Å². The van der Waals surface area contributed by atoms with Crippen LogP contribution in [0.4, 0.5) is 4.39 Å². The number of halogens is 1. The normalized spacial score (nSPS) is 20.1. The number of carbonyl (C=O) groups excluding carboxylic acids is 1. The molecule has 0 bridgehead atoms. The summed E-state index contributed by atoms with van der Waals surface area (Å²) in [6.45, 7) is 0. The Morgan fingerprint density at radius 2 is 2.43 bits per heavy atom. The molecule has 0 heterocycles. The molecule has 0 unspecified atom stereocenters. The van der Waals surface area contributed by atoms with Crippen LogP contribution in [-0.2, 0) is 4.79 Å². The van der Waals surface area contributed by atoms with Crippen molar-refractivity contribution in [2.24, 2.45) is 0 Å². The Labute approximate surface area is 40.8 Å². The van der Waals surface area contributed by atoms with Gasteiger partial charge in [0, 0.05) is 6.42 Å². The fraction of sp³-hybridized carbons (Fsp3) is 0.400. The summed E-state index contributed by atoms with van der Waals surface area (Å²) in [5.41, 5.74) is 0. The summed E-state index contributed by atoms with van der Waals surface area (Å²) in [6.07, 6.45) is 2.28. The number of rotatable bonds is 0. The zero-order valence-corrected chi connectivity index (χ0v) is 3.78. The SMILES string of the molecule is O=C1CCC=C1F. The highest BCUT2D eigenvalue weighted by atomic mass is 19.1. The molecule has 0 aliphatic heterocycles. The average Bonchev–Trinajstić information content (AvgIpc) is 1.91. The number of ketones is 1. The quantitative estimate of drug-likeness (QED) is 0.447. The lowest BCUT2D eigenvalue weighted by Crippen LogP contribution is -1.87. The fourth-order valence-corrected chi connectivity index (χ4v) is 0.563. The van der Waals surface area contributed by atoms with Gasteiger partial charge in [-0.1, -0.05) is 0 Å². The molecule has 1 aliphatic carbocycles. The summed E-state index contributed by atoms with van der Waals surface area (Å²) in [5, 5.41) is 0. The highest BCUT2D eigenvalue weighted by Crippen LogP contribution is 2.13. The number of carbonyl (C=O) groups is 1. The first kappa shape index (κ1) is 4.50. The van der Waals surface area contributed by atoms with Crippen LogP contribution in [0.2, 0.25) is 0 Å². The maximum absolute atomic E-state index is 11.8. The first-order valence-electron chi connectivity index (χ1n) is 2.19. The van der Waals surface area contributed by atoms with Crippen LogP contribution in [0.5, 0.6) is 0 Å². The van der Waals surface area contributed by atoms with Crippen molar-refractivity contribution in [3.8, 4) is 0 Å². The third kappa shape index (κ3) is 0.683. The smallest absolute Gasteiger partial charge is 0.191 e. The van der Waals surface area contributed by atoms with Crippen molar-refractivity contribution in [3.63, 3.8) is 0 Å². The molecule has 0 radical (unpaired) electrons. The van der Waals surface area contributed by atoms with Crippen LogP contribution in [0.15, 0.2) is 11.9 Å². The molecular formula is C5H5FO. The second-order valence-electron chi connectivity index (χ2n) is 1.51. The Hall–Kier alpha value is -0.660. The zero-order chi connectivity index (χ0) is 5.28. The molecule has 0 aromatic carbocycles. The van der Waals surface area contributed by atoms with E-state index >= 15 is 0 Å². The largest absolute Gasteiger partial charge is 0.292 e. The van der Waals surface area contributed by atoms with E-state index in [0.29, 0.717) is 12.8 Å². The Kier molecular flexibility index (Phi) is 0.929. The van der Waals surface area contributed by atoms with Crippen LogP contribution < -0.4 is 0 Å². The number of hydrogen-bond acceptors (Lipinski definition) is 1. The minimum absolute atomic E-state index is 0.347. The van der Waals surface area contributed by atoms with Crippen LogP contribution in [0.3, 0.4) is 0 Å². The van der Waals surface area contributed by atoms with E-state index in [-0.39, 0.29) is 5.78 Å². The fourth-order valence-electron chi connectivity index (χ4n) is 0.563. The minimum Gasteiger partial charge on any atom is -0.292 e. The summed E-state index contributed by atoms with van der Waals surface area (Å²) in [6, 6.07) is 0. The van der Waals surface area contributed by atoms with Gasteiger partial charge < -0.3 is 0 Å². The lowest BCUT2D eigenvalue weighted by molar-refractivity contribution is -0.116. The Bertz CT molecular complexity index is 126. The van der Waals surface area contributed by atoms with Crippen LogP contribution in [0, 0.1) is 0 Å². The van der Waals surface area contributed by atoms with Gasteiger partial charge in [0.25, 0.3) is 0 Å². The molecule has 0 amide bonds. The van der Waals surface area contributed by atoms with Gasteiger partial charge in [-0.05, 0) is 12.5 Å². The maximum Gasteiger partial charge on any atom is 0.191 e. The molecule has 0 spiro atoms. The molecule has 0 atom stereocenters. The lowest BCUT2D eigenvalue weighted by atomic mass is 10.3. The van der Waals surface area contributed by atoms with E-state index in [2.05, 4.69) is 0 Å². The van der Waals surface area contributed by atoms with E-state index in [1.165, 1.54) is 6.08 Å². The summed E-state index contributed by atoms with van der Waals surface area (Å²) in [4.78, 5) is 10.1. The molecule has 1 aliphatic rings. The third-order valence-corrected chi connectivity index (χ3v) is 0.961. The summed E-state index contributed by atoms with van der Waals surface area (Å²) >= 11 is 0. The standard InChI is InChI=1S/C5H5FO/c6-4-2-1-3-5(4)7/h2H,1,3H2.